The summed E-state index contributed by atoms with van der Waals surface area (Å²) in [5.74, 6) is 0.938. The molecule has 1 aliphatic carbocycles. The van der Waals surface area contributed by atoms with Gasteiger partial charge in [-0.1, -0.05) is 0 Å². The Morgan fingerprint density at radius 1 is 1.26 bits per heavy atom. The lowest BCUT2D eigenvalue weighted by Crippen LogP contribution is -2.32. The fraction of sp³-hybridized carbons (Fsp3) is 0.933. The Labute approximate surface area is 116 Å². The fourth-order valence-corrected chi connectivity index (χ4v) is 3.46. The third kappa shape index (κ3) is 3.93. The quantitative estimate of drug-likeness (QED) is 0.756. The van der Waals surface area contributed by atoms with Gasteiger partial charge in [0, 0.05) is 31.6 Å². The molecule has 2 atom stereocenters. The van der Waals surface area contributed by atoms with Crippen LogP contribution in [0.1, 0.15) is 44.9 Å². The first-order chi connectivity index (χ1) is 9.31. The summed E-state index contributed by atoms with van der Waals surface area (Å²) in [6.45, 7) is 4.47. The molecule has 0 aromatic carbocycles. The van der Waals surface area contributed by atoms with Crippen LogP contribution < -0.4 is 10.6 Å². The topological polar surface area (TPSA) is 44.4 Å². The second-order valence-electron chi connectivity index (χ2n) is 6.52. The van der Waals surface area contributed by atoms with Gasteiger partial charge in [0.15, 0.2) is 0 Å². The van der Waals surface area contributed by atoms with Crippen molar-refractivity contribution in [1.82, 2.24) is 15.5 Å². The van der Waals surface area contributed by atoms with Crippen molar-refractivity contribution in [2.24, 2.45) is 5.92 Å². The number of amides is 1. The SMILES string of the molecule is O=C(CCC1CCCN1)NCC1CCN(C2CC2)C1. The molecule has 0 aromatic rings. The van der Waals surface area contributed by atoms with Gasteiger partial charge in [0.05, 0.1) is 0 Å². The van der Waals surface area contributed by atoms with Crippen molar-refractivity contribution >= 4 is 5.91 Å². The van der Waals surface area contributed by atoms with Gasteiger partial charge < -0.3 is 15.5 Å². The number of carbonyl (C=O) groups is 1. The van der Waals surface area contributed by atoms with Crippen LogP contribution in [0.5, 0.6) is 0 Å². The maximum absolute atomic E-state index is 11.8. The molecule has 3 aliphatic rings. The van der Waals surface area contributed by atoms with Crippen LogP contribution in [0, 0.1) is 5.92 Å². The Kier molecular flexibility index (Phi) is 4.38. The molecule has 0 aromatic heterocycles. The van der Waals surface area contributed by atoms with Crippen LogP contribution in [-0.4, -0.2) is 49.1 Å². The largest absolute Gasteiger partial charge is 0.356 e. The van der Waals surface area contributed by atoms with Gasteiger partial charge in [0.25, 0.3) is 0 Å². The Hall–Kier alpha value is -0.610. The van der Waals surface area contributed by atoms with E-state index in [-0.39, 0.29) is 5.91 Å². The van der Waals surface area contributed by atoms with E-state index < -0.39 is 0 Å². The zero-order valence-electron chi connectivity index (χ0n) is 11.9. The highest BCUT2D eigenvalue weighted by molar-refractivity contribution is 5.75. The van der Waals surface area contributed by atoms with Crippen LogP contribution in [0.25, 0.3) is 0 Å². The predicted octanol–water partition coefficient (Wildman–Crippen LogP) is 1.12. The van der Waals surface area contributed by atoms with Crippen molar-refractivity contribution in [2.45, 2.75) is 57.0 Å². The summed E-state index contributed by atoms with van der Waals surface area (Å²) in [7, 11) is 0. The van der Waals surface area contributed by atoms with E-state index in [0.717, 1.165) is 25.6 Å². The van der Waals surface area contributed by atoms with Crippen molar-refractivity contribution < 1.29 is 4.79 Å². The summed E-state index contributed by atoms with van der Waals surface area (Å²) in [5.41, 5.74) is 0. The number of likely N-dealkylation sites (tertiary alicyclic amines) is 1. The lowest BCUT2D eigenvalue weighted by atomic mass is 10.1. The summed E-state index contributed by atoms with van der Waals surface area (Å²) in [6.07, 6.45) is 8.26. The lowest BCUT2D eigenvalue weighted by Gasteiger charge is -2.15. The van der Waals surface area contributed by atoms with Gasteiger partial charge >= 0.3 is 0 Å². The average Bonchev–Trinajstić information content (AvgIpc) is 2.95. The van der Waals surface area contributed by atoms with Crippen molar-refractivity contribution in [1.29, 1.82) is 0 Å². The molecule has 2 unspecified atom stereocenters. The Morgan fingerprint density at radius 3 is 2.89 bits per heavy atom. The molecule has 2 heterocycles. The van der Waals surface area contributed by atoms with E-state index in [9.17, 15) is 4.79 Å². The van der Waals surface area contributed by atoms with Crippen LogP contribution in [0.15, 0.2) is 0 Å². The highest BCUT2D eigenvalue weighted by Crippen LogP contribution is 2.31. The van der Waals surface area contributed by atoms with Crippen molar-refractivity contribution in [3.05, 3.63) is 0 Å². The molecule has 108 valence electrons. The van der Waals surface area contributed by atoms with E-state index in [1.165, 1.54) is 45.2 Å². The zero-order chi connectivity index (χ0) is 13.1. The monoisotopic (exact) mass is 265 g/mol. The van der Waals surface area contributed by atoms with E-state index in [1.807, 2.05) is 0 Å². The minimum absolute atomic E-state index is 0.249. The molecule has 2 aliphatic heterocycles. The van der Waals surface area contributed by atoms with Gasteiger partial charge in [-0.15, -0.1) is 0 Å². The Balaban J connectivity index is 1.27. The molecule has 0 radical (unpaired) electrons. The Bertz CT molecular complexity index is 311. The number of hydrogen-bond acceptors (Lipinski definition) is 3. The molecule has 4 nitrogen and oxygen atoms in total. The smallest absolute Gasteiger partial charge is 0.220 e. The number of nitrogens with one attached hydrogen (secondary N) is 2. The summed E-state index contributed by atoms with van der Waals surface area (Å²) < 4.78 is 0. The molecule has 3 rings (SSSR count). The minimum atomic E-state index is 0.249. The minimum Gasteiger partial charge on any atom is -0.356 e. The standard InChI is InChI=1S/C15H27N3O/c19-15(6-3-13-2-1-8-16-13)17-10-12-7-9-18(11-12)14-4-5-14/h12-14,16H,1-11H2,(H,17,19). The molecule has 0 bridgehead atoms. The predicted molar refractivity (Wildman–Crippen MR) is 76.0 cm³/mol. The molecular formula is C15H27N3O. The first-order valence-corrected chi connectivity index (χ1v) is 8.05. The van der Waals surface area contributed by atoms with Crippen LogP contribution in [-0.2, 0) is 4.79 Å². The average molecular weight is 265 g/mol. The van der Waals surface area contributed by atoms with E-state index in [2.05, 4.69) is 15.5 Å². The first kappa shape index (κ1) is 13.4. The third-order valence-electron chi connectivity index (χ3n) is 4.85. The van der Waals surface area contributed by atoms with E-state index in [4.69, 9.17) is 0 Å². The van der Waals surface area contributed by atoms with Crippen molar-refractivity contribution in [3.63, 3.8) is 0 Å². The van der Waals surface area contributed by atoms with E-state index in [1.54, 1.807) is 0 Å². The van der Waals surface area contributed by atoms with Gasteiger partial charge in [-0.25, -0.2) is 0 Å². The fourth-order valence-electron chi connectivity index (χ4n) is 3.46. The second kappa shape index (κ2) is 6.23. The molecule has 2 N–H and O–H groups in total. The number of hydrogen-bond donors (Lipinski definition) is 2. The molecule has 0 spiro atoms. The second-order valence-corrected chi connectivity index (χ2v) is 6.52. The Morgan fingerprint density at radius 2 is 2.16 bits per heavy atom. The molecule has 1 saturated carbocycles. The van der Waals surface area contributed by atoms with Gasteiger partial charge in [-0.2, -0.15) is 0 Å². The van der Waals surface area contributed by atoms with Crippen molar-refractivity contribution in [2.75, 3.05) is 26.2 Å². The molecule has 2 saturated heterocycles. The van der Waals surface area contributed by atoms with E-state index in [0.29, 0.717) is 18.4 Å². The number of rotatable bonds is 6. The van der Waals surface area contributed by atoms with E-state index >= 15 is 0 Å². The van der Waals surface area contributed by atoms with Crippen LogP contribution in [0.2, 0.25) is 0 Å². The van der Waals surface area contributed by atoms with Crippen LogP contribution >= 0.6 is 0 Å². The number of nitrogens with zero attached hydrogens (tertiary/aromatic N) is 1. The summed E-state index contributed by atoms with van der Waals surface area (Å²) >= 11 is 0. The molecule has 3 fully saturated rings. The summed E-state index contributed by atoms with van der Waals surface area (Å²) in [6, 6.07) is 1.47. The van der Waals surface area contributed by atoms with Crippen LogP contribution in [0.3, 0.4) is 0 Å². The molecule has 19 heavy (non-hydrogen) atoms. The normalized spacial score (nSPS) is 31.8. The molecular weight excluding hydrogens is 238 g/mol. The van der Waals surface area contributed by atoms with Gasteiger partial charge in [-0.3, -0.25) is 4.79 Å². The third-order valence-corrected chi connectivity index (χ3v) is 4.85. The summed E-state index contributed by atoms with van der Waals surface area (Å²) in [4.78, 5) is 14.4. The molecule has 4 heteroatoms. The maximum atomic E-state index is 11.8. The zero-order valence-corrected chi connectivity index (χ0v) is 11.9. The van der Waals surface area contributed by atoms with Gasteiger partial charge in [-0.05, 0) is 57.5 Å². The maximum Gasteiger partial charge on any atom is 0.220 e. The van der Waals surface area contributed by atoms with Gasteiger partial charge in [0.2, 0.25) is 5.91 Å². The number of carbonyl (C=O) groups excluding carboxylic acids is 1. The highest BCUT2D eigenvalue weighted by Gasteiger charge is 2.34. The lowest BCUT2D eigenvalue weighted by molar-refractivity contribution is -0.121. The summed E-state index contributed by atoms with van der Waals surface area (Å²) in [5, 5.41) is 6.58. The first-order valence-electron chi connectivity index (χ1n) is 8.05. The van der Waals surface area contributed by atoms with Crippen molar-refractivity contribution in [3.8, 4) is 0 Å². The molecule has 1 amide bonds. The highest BCUT2D eigenvalue weighted by atomic mass is 16.1. The van der Waals surface area contributed by atoms with Gasteiger partial charge in [0.1, 0.15) is 0 Å². The van der Waals surface area contributed by atoms with Crippen LogP contribution in [0.4, 0.5) is 0 Å².